The number of rotatable bonds is 4. The lowest BCUT2D eigenvalue weighted by atomic mass is 9.98. The molecule has 0 saturated heterocycles. The van der Waals surface area contributed by atoms with Gasteiger partial charge in [0.2, 0.25) is 5.95 Å². The van der Waals surface area contributed by atoms with Gasteiger partial charge in [-0.1, -0.05) is 97.1 Å². The van der Waals surface area contributed by atoms with Crippen molar-refractivity contribution < 1.29 is 0 Å². The fraction of sp³-hybridized carbons (Fsp3) is 0.0435. The number of hydrogen-bond donors (Lipinski definition) is 0. The quantitative estimate of drug-likeness (QED) is 0.187. The molecule has 0 amide bonds. The fourth-order valence-corrected chi connectivity index (χ4v) is 9.42. The van der Waals surface area contributed by atoms with Gasteiger partial charge in [-0.15, -0.1) is 11.3 Å². The van der Waals surface area contributed by atoms with Crippen LogP contribution >= 0.6 is 11.3 Å². The van der Waals surface area contributed by atoms with Gasteiger partial charge >= 0.3 is 0 Å². The molecule has 4 aromatic heterocycles. The second-order valence-electron chi connectivity index (χ2n) is 13.3. The molecular formula is C46H30N4S. The molecule has 6 aromatic carbocycles. The van der Waals surface area contributed by atoms with Crippen molar-refractivity contribution >= 4 is 70.3 Å². The normalized spacial score (nSPS) is 12.9. The first-order valence-corrected chi connectivity index (χ1v) is 18.3. The van der Waals surface area contributed by atoms with Crippen LogP contribution in [0.2, 0.25) is 0 Å². The van der Waals surface area contributed by atoms with Crippen LogP contribution in [0, 0.1) is 0 Å². The van der Waals surface area contributed by atoms with Crippen LogP contribution in [0.1, 0.15) is 17.7 Å². The Hall–Kier alpha value is -6.30. The maximum Gasteiger partial charge on any atom is 0.235 e. The third-order valence-corrected chi connectivity index (χ3v) is 11.7. The molecule has 0 radical (unpaired) electrons. The summed E-state index contributed by atoms with van der Waals surface area (Å²) in [5.74, 6) is 0.673. The molecule has 51 heavy (non-hydrogen) atoms. The van der Waals surface area contributed by atoms with Crippen molar-refractivity contribution in [2.45, 2.75) is 12.8 Å². The Labute approximate surface area is 298 Å². The van der Waals surface area contributed by atoms with E-state index in [1.165, 1.54) is 69.9 Å². The van der Waals surface area contributed by atoms with Crippen LogP contribution in [0.3, 0.4) is 0 Å². The zero-order valence-corrected chi connectivity index (χ0v) is 28.4. The molecule has 10 aromatic rings. The molecule has 4 nitrogen and oxygen atoms in total. The Morgan fingerprint density at radius 1 is 0.569 bits per heavy atom. The van der Waals surface area contributed by atoms with Gasteiger partial charge in [0.15, 0.2) is 0 Å². The maximum atomic E-state index is 5.24. The molecule has 11 rings (SSSR count). The standard InChI is InChI=1S/C46H30N4S/c1-2-11-31(12-3-1)49-40-18-7-4-13-32(40)37-27-29(21-23-42(37)49)30-22-24-43-38(28-30)33-14-5-8-19-41(33)50(43)46-47-26-25-39(48-46)36-17-10-16-35-34-15-6-9-20-44(34)51-45(35)36/h1-6,8-17,19-28H,7,18H2. The van der Waals surface area contributed by atoms with Gasteiger partial charge in [0.25, 0.3) is 0 Å². The van der Waals surface area contributed by atoms with Crippen LogP contribution < -0.4 is 0 Å². The Bertz CT molecular complexity index is 3030. The zero-order valence-electron chi connectivity index (χ0n) is 27.6. The van der Waals surface area contributed by atoms with Crippen molar-refractivity contribution in [3.05, 3.63) is 163 Å². The predicted molar refractivity (Wildman–Crippen MR) is 214 cm³/mol. The van der Waals surface area contributed by atoms with Crippen molar-refractivity contribution in [1.29, 1.82) is 0 Å². The van der Waals surface area contributed by atoms with E-state index >= 15 is 0 Å². The third kappa shape index (κ3) is 4.32. The maximum absolute atomic E-state index is 5.24. The average Bonchev–Trinajstić information content (AvgIpc) is 3.85. The van der Waals surface area contributed by atoms with E-state index in [4.69, 9.17) is 9.97 Å². The predicted octanol–water partition coefficient (Wildman–Crippen LogP) is 12.2. The highest BCUT2D eigenvalue weighted by Crippen LogP contribution is 2.41. The lowest BCUT2D eigenvalue weighted by Crippen LogP contribution is -2.02. The van der Waals surface area contributed by atoms with Gasteiger partial charge in [0, 0.05) is 65.0 Å². The molecule has 0 fully saturated rings. The van der Waals surface area contributed by atoms with Crippen molar-refractivity contribution in [3.63, 3.8) is 0 Å². The van der Waals surface area contributed by atoms with E-state index in [-0.39, 0.29) is 0 Å². The van der Waals surface area contributed by atoms with Crippen LogP contribution in [0.15, 0.2) is 152 Å². The summed E-state index contributed by atoms with van der Waals surface area (Å²) >= 11 is 1.83. The van der Waals surface area contributed by atoms with Gasteiger partial charge in [-0.05, 0) is 78.6 Å². The van der Waals surface area contributed by atoms with Gasteiger partial charge in [-0.2, -0.15) is 0 Å². The van der Waals surface area contributed by atoms with E-state index in [2.05, 4.69) is 155 Å². The smallest absolute Gasteiger partial charge is 0.235 e. The van der Waals surface area contributed by atoms with E-state index in [9.17, 15) is 0 Å². The summed E-state index contributed by atoms with van der Waals surface area (Å²) in [5, 5.41) is 6.22. The molecule has 5 heteroatoms. The van der Waals surface area contributed by atoms with E-state index in [1.54, 1.807) is 0 Å². The number of nitrogens with zero attached hydrogens (tertiary/aromatic N) is 4. The van der Waals surface area contributed by atoms with E-state index in [1.807, 2.05) is 23.6 Å². The minimum atomic E-state index is 0.673. The second kappa shape index (κ2) is 11.1. The van der Waals surface area contributed by atoms with Gasteiger partial charge in [-0.3, -0.25) is 4.57 Å². The summed E-state index contributed by atoms with van der Waals surface area (Å²) in [6.45, 7) is 0. The number of benzene rings is 6. The Morgan fingerprint density at radius 3 is 2.18 bits per heavy atom. The van der Waals surface area contributed by atoms with Gasteiger partial charge in [-0.25, -0.2) is 9.97 Å². The van der Waals surface area contributed by atoms with E-state index in [0.29, 0.717) is 5.95 Å². The van der Waals surface area contributed by atoms with Crippen LogP contribution in [0.5, 0.6) is 0 Å². The number of hydrogen-bond acceptors (Lipinski definition) is 3. The molecule has 240 valence electrons. The second-order valence-corrected chi connectivity index (χ2v) is 14.4. The van der Waals surface area contributed by atoms with Crippen LogP contribution in [0.25, 0.3) is 93.0 Å². The number of thiophene rings is 1. The number of fused-ring (bicyclic) bond motifs is 9. The summed E-state index contributed by atoms with van der Waals surface area (Å²) < 4.78 is 7.21. The molecule has 4 heterocycles. The first-order chi connectivity index (χ1) is 25.3. The fourth-order valence-electron chi connectivity index (χ4n) is 8.20. The summed E-state index contributed by atoms with van der Waals surface area (Å²) in [7, 11) is 0. The van der Waals surface area contributed by atoms with Crippen molar-refractivity contribution in [2.24, 2.45) is 0 Å². The highest BCUT2D eigenvalue weighted by molar-refractivity contribution is 7.26. The first kappa shape index (κ1) is 28.5. The number of allylic oxidation sites excluding steroid dienone is 1. The van der Waals surface area contributed by atoms with Gasteiger partial charge in [0.05, 0.1) is 22.2 Å². The first-order valence-electron chi connectivity index (χ1n) is 17.5. The molecule has 1 aliphatic carbocycles. The molecule has 0 saturated carbocycles. The minimum Gasteiger partial charge on any atom is -0.313 e. The summed E-state index contributed by atoms with van der Waals surface area (Å²) in [6.07, 6.45) is 8.63. The number of aromatic nitrogens is 4. The molecule has 0 atom stereocenters. The molecule has 1 aliphatic rings. The summed E-state index contributed by atoms with van der Waals surface area (Å²) in [6, 6.07) is 50.3. The number of para-hydroxylation sites is 2. The monoisotopic (exact) mass is 670 g/mol. The largest absolute Gasteiger partial charge is 0.313 e. The molecule has 0 aliphatic heterocycles. The van der Waals surface area contributed by atoms with Gasteiger partial charge in [0.1, 0.15) is 0 Å². The van der Waals surface area contributed by atoms with E-state index < -0.39 is 0 Å². The van der Waals surface area contributed by atoms with E-state index in [0.717, 1.165) is 35.1 Å². The Balaban J connectivity index is 1.06. The molecule has 0 unspecified atom stereocenters. The molecule has 0 N–H and O–H groups in total. The average molecular weight is 671 g/mol. The van der Waals surface area contributed by atoms with Crippen LogP contribution in [-0.2, 0) is 6.42 Å². The third-order valence-electron chi connectivity index (χ3n) is 10.5. The van der Waals surface area contributed by atoms with Crippen molar-refractivity contribution in [1.82, 2.24) is 19.1 Å². The van der Waals surface area contributed by atoms with Gasteiger partial charge < -0.3 is 4.57 Å². The Morgan fingerprint density at radius 2 is 1.29 bits per heavy atom. The summed E-state index contributed by atoms with van der Waals surface area (Å²) in [4.78, 5) is 10.1. The SMILES string of the molecule is C1=Cc2c(n(-c3ccccc3)c3ccc(-c4ccc5c(c4)c4ccccc4n5-c4nccc(-c5cccc6c5sc5ccccc56)n4)cc23)CC1. The van der Waals surface area contributed by atoms with Crippen LogP contribution in [0.4, 0.5) is 0 Å². The highest BCUT2D eigenvalue weighted by atomic mass is 32.1. The van der Waals surface area contributed by atoms with Crippen LogP contribution in [-0.4, -0.2) is 19.1 Å². The highest BCUT2D eigenvalue weighted by Gasteiger charge is 2.20. The molecule has 0 spiro atoms. The molecule has 0 bridgehead atoms. The van der Waals surface area contributed by atoms with Crippen molar-refractivity contribution in [3.8, 4) is 34.0 Å². The zero-order chi connectivity index (χ0) is 33.5. The Kier molecular flexibility index (Phi) is 6.21. The molecular weight excluding hydrogens is 641 g/mol. The lowest BCUT2D eigenvalue weighted by molar-refractivity contribution is 0.888. The lowest BCUT2D eigenvalue weighted by Gasteiger charge is -2.13. The minimum absolute atomic E-state index is 0.673. The topological polar surface area (TPSA) is 35.6 Å². The van der Waals surface area contributed by atoms with Crippen molar-refractivity contribution in [2.75, 3.05) is 0 Å². The summed E-state index contributed by atoms with van der Waals surface area (Å²) in [5.41, 5.74) is 11.8.